The lowest BCUT2D eigenvalue weighted by atomic mass is 10.4. The van der Waals surface area contributed by atoms with Crippen LogP contribution in [0.2, 0.25) is 5.22 Å². The number of halogens is 1. The molecule has 0 atom stereocenters. The molecule has 0 saturated heterocycles. The van der Waals surface area contributed by atoms with Crippen molar-refractivity contribution in [3.05, 3.63) is 35.9 Å². The topological polar surface area (TPSA) is 77.8 Å². The molecule has 0 aromatic carbocycles. The largest absolute Gasteiger partial charge is 0.440 e. The SMILES string of the molecule is Clc1ccc(-c2nc(-c3cnccn3)no2)o1. The summed E-state index contributed by atoms with van der Waals surface area (Å²) in [7, 11) is 0. The molecule has 0 aliphatic carbocycles. The Kier molecular flexibility index (Phi) is 2.34. The molecule has 17 heavy (non-hydrogen) atoms. The number of hydrogen-bond donors (Lipinski definition) is 0. The van der Waals surface area contributed by atoms with Crippen molar-refractivity contribution in [2.45, 2.75) is 0 Å². The van der Waals surface area contributed by atoms with Gasteiger partial charge in [0.15, 0.2) is 11.0 Å². The Morgan fingerprint density at radius 3 is 2.82 bits per heavy atom. The fraction of sp³-hybridized carbons (Fsp3) is 0. The lowest BCUT2D eigenvalue weighted by Gasteiger charge is -1.88. The Bertz CT molecular complexity index is 635. The number of aromatic nitrogens is 4. The molecule has 0 bridgehead atoms. The van der Waals surface area contributed by atoms with Gasteiger partial charge in [-0.3, -0.25) is 4.98 Å². The molecular weight excluding hydrogens is 244 g/mol. The average Bonchev–Trinajstić information content (AvgIpc) is 2.98. The summed E-state index contributed by atoms with van der Waals surface area (Å²) < 4.78 is 10.2. The van der Waals surface area contributed by atoms with Crippen LogP contribution in [-0.4, -0.2) is 20.1 Å². The van der Waals surface area contributed by atoms with E-state index in [1.165, 1.54) is 0 Å². The predicted octanol–water partition coefficient (Wildman–Crippen LogP) is 2.44. The van der Waals surface area contributed by atoms with Gasteiger partial charge in [-0.05, 0) is 23.7 Å². The molecular formula is C10H5ClN4O2. The van der Waals surface area contributed by atoms with Crippen LogP contribution in [0, 0.1) is 0 Å². The minimum absolute atomic E-state index is 0.248. The minimum atomic E-state index is 0.248. The highest BCUT2D eigenvalue weighted by molar-refractivity contribution is 6.28. The summed E-state index contributed by atoms with van der Waals surface area (Å²) in [5.41, 5.74) is 0.528. The van der Waals surface area contributed by atoms with E-state index >= 15 is 0 Å². The van der Waals surface area contributed by atoms with Crippen LogP contribution < -0.4 is 0 Å². The molecule has 84 valence electrons. The van der Waals surface area contributed by atoms with Gasteiger partial charge in [0, 0.05) is 12.4 Å². The lowest BCUT2D eigenvalue weighted by Crippen LogP contribution is -1.85. The maximum atomic E-state index is 5.66. The first kappa shape index (κ1) is 9.98. The van der Waals surface area contributed by atoms with Crippen LogP contribution >= 0.6 is 11.6 Å². The molecule has 0 aliphatic rings. The molecule has 0 radical (unpaired) electrons. The first-order valence-electron chi connectivity index (χ1n) is 4.69. The number of hydrogen-bond acceptors (Lipinski definition) is 6. The minimum Gasteiger partial charge on any atom is -0.440 e. The Morgan fingerprint density at radius 1 is 1.18 bits per heavy atom. The molecule has 0 spiro atoms. The summed E-state index contributed by atoms with van der Waals surface area (Å²) in [5.74, 6) is 1.01. The molecule has 3 aromatic rings. The van der Waals surface area contributed by atoms with Gasteiger partial charge in [0.05, 0.1) is 6.20 Å². The Labute approximate surface area is 100 Å². The van der Waals surface area contributed by atoms with Gasteiger partial charge in [-0.15, -0.1) is 0 Å². The molecule has 0 unspecified atom stereocenters. The second-order valence-corrected chi connectivity index (χ2v) is 3.49. The molecule has 0 amide bonds. The molecule has 7 heteroatoms. The number of furan rings is 1. The molecule has 0 saturated carbocycles. The van der Waals surface area contributed by atoms with Crippen LogP contribution in [-0.2, 0) is 0 Å². The fourth-order valence-corrected chi connectivity index (χ4v) is 1.42. The quantitative estimate of drug-likeness (QED) is 0.693. The molecule has 3 rings (SSSR count). The van der Waals surface area contributed by atoms with Crippen molar-refractivity contribution in [3.8, 4) is 23.2 Å². The highest BCUT2D eigenvalue weighted by atomic mass is 35.5. The van der Waals surface area contributed by atoms with Crippen molar-refractivity contribution < 1.29 is 8.94 Å². The van der Waals surface area contributed by atoms with Crippen molar-refractivity contribution in [2.75, 3.05) is 0 Å². The highest BCUT2D eigenvalue weighted by Gasteiger charge is 2.14. The smallest absolute Gasteiger partial charge is 0.294 e. The predicted molar refractivity (Wildman–Crippen MR) is 58.0 cm³/mol. The van der Waals surface area contributed by atoms with Gasteiger partial charge in [0.1, 0.15) is 5.69 Å². The van der Waals surface area contributed by atoms with Crippen molar-refractivity contribution in [1.82, 2.24) is 20.1 Å². The molecule has 3 aromatic heterocycles. The van der Waals surface area contributed by atoms with E-state index < -0.39 is 0 Å². The molecule has 0 aliphatic heterocycles. The monoisotopic (exact) mass is 248 g/mol. The van der Waals surface area contributed by atoms with E-state index in [0.29, 0.717) is 17.3 Å². The van der Waals surface area contributed by atoms with E-state index in [1.807, 2.05) is 0 Å². The standard InChI is InChI=1S/C10H5ClN4O2/c11-8-2-1-7(16-8)10-14-9(15-17-10)6-5-12-3-4-13-6/h1-5H. The summed E-state index contributed by atoms with van der Waals surface area (Å²) >= 11 is 5.66. The van der Waals surface area contributed by atoms with Crippen molar-refractivity contribution in [3.63, 3.8) is 0 Å². The zero-order valence-corrected chi connectivity index (χ0v) is 9.13. The van der Waals surface area contributed by atoms with Gasteiger partial charge in [0.2, 0.25) is 5.82 Å². The normalized spacial score (nSPS) is 10.6. The van der Waals surface area contributed by atoms with Crippen molar-refractivity contribution in [2.24, 2.45) is 0 Å². The van der Waals surface area contributed by atoms with Gasteiger partial charge in [-0.25, -0.2) is 4.98 Å². The summed E-state index contributed by atoms with van der Waals surface area (Å²) in [6.07, 6.45) is 4.66. The fourth-order valence-electron chi connectivity index (χ4n) is 1.27. The number of nitrogens with zero attached hydrogens (tertiary/aromatic N) is 4. The molecule has 6 nitrogen and oxygen atoms in total. The second kappa shape index (κ2) is 3.99. The van der Waals surface area contributed by atoms with Crippen LogP contribution in [0.15, 0.2) is 39.7 Å². The van der Waals surface area contributed by atoms with Crippen LogP contribution in [0.5, 0.6) is 0 Å². The zero-order chi connectivity index (χ0) is 11.7. The van der Waals surface area contributed by atoms with E-state index in [9.17, 15) is 0 Å². The van der Waals surface area contributed by atoms with E-state index in [0.717, 1.165) is 0 Å². The molecule has 0 N–H and O–H groups in total. The first-order chi connectivity index (χ1) is 8.33. The van der Waals surface area contributed by atoms with Crippen molar-refractivity contribution >= 4 is 11.6 Å². The van der Waals surface area contributed by atoms with Gasteiger partial charge >= 0.3 is 0 Å². The average molecular weight is 249 g/mol. The van der Waals surface area contributed by atoms with Gasteiger partial charge in [-0.2, -0.15) is 4.98 Å². The summed E-state index contributed by atoms with van der Waals surface area (Å²) in [4.78, 5) is 12.1. The van der Waals surface area contributed by atoms with E-state index in [2.05, 4.69) is 20.1 Å². The van der Waals surface area contributed by atoms with Crippen LogP contribution in [0.1, 0.15) is 0 Å². The van der Waals surface area contributed by atoms with Crippen molar-refractivity contribution in [1.29, 1.82) is 0 Å². The zero-order valence-electron chi connectivity index (χ0n) is 8.37. The first-order valence-corrected chi connectivity index (χ1v) is 5.06. The highest BCUT2D eigenvalue weighted by Crippen LogP contribution is 2.24. The summed E-state index contributed by atoms with van der Waals surface area (Å²) in [5, 5.41) is 4.04. The maximum absolute atomic E-state index is 5.66. The van der Waals surface area contributed by atoms with Crippen LogP contribution in [0.25, 0.3) is 23.2 Å². The summed E-state index contributed by atoms with van der Waals surface area (Å²) in [6, 6.07) is 3.25. The van der Waals surface area contributed by atoms with Crippen LogP contribution in [0.3, 0.4) is 0 Å². The Morgan fingerprint density at radius 2 is 2.12 bits per heavy atom. The maximum Gasteiger partial charge on any atom is 0.294 e. The second-order valence-electron chi connectivity index (χ2n) is 3.12. The van der Waals surface area contributed by atoms with Gasteiger partial charge in [-0.1, -0.05) is 5.16 Å². The van der Waals surface area contributed by atoms with Crippen LogP contribution in [0.4, 0.5) is 0 Å². The molecule has 3 heterocycles. The summed E-state index contributed by atoms with van der Waals surface area (Å²) in [6.45, 7) is 0. The van der Waals surface area contributed by atoms with E-state index in [-0.39, 0.29) is 11.1 Å². The van der Waals surface area contributed by atoms with E-state index in [4.69, 9.17) is 20.5 Å². The molecule has 0 fully saturated rings. The number of rotatable bonds is 2. The van der Waals surface area contributed by atoms with Gasteiger partial charge in [0.25, 0.3) is 5.89 Å². The lowest BCUT2D eigenvalue weighted by molar-refractivity contribution is 0.417. The third-order valence-corrected chi connectivity index (χ3v) is 2.21. The Hall–Kier alpha value is -2.21. The Balaban J connectivity index is 1.99. The van der Waals surface area contributed by atoms with E-state index in [1.54, 1.807) is 30.7 Å². The third-order valence-electron chi connectivity index (χ3n) is 2.00. The van der Waals surface area contributed by atoms with Gasteiger partial charge < -0.3 is 8.94 Å². The third kappa shape index (κ3) is 1.90.